The molecule has 0 fully saturated rings. The maximum absolute atomic E-state index is 12.8. The van der Waals surface area contributed by atoms with Crippen molar-refractivity contribution in [2.75, 3.05) is 26.5 Å². The van der Waals surface area contributed by atoms with E-state index in [1.165, 1.54) is 56.7 Å². The number of methoxy groups -OCH3 is 1. The molecule has 3 rings (SSSR count). The monoisotopic (exact) mass is 435 g/mol. The van der Waals surface area contributed by atoms with Gasteiger partial charge in [0, 0.05) is 19.7 Å². The number of nitrogens with zero attached hydrogens (tertiary/aromatic N) is 4. The number of carbonyl (C=O) groups excluding carboxylic acids is 1. The number of amides is 1. The molecule has 0 saturated heterocycles. The van der Waals surface area contributed by atoms with E-state index in [1.807, 2.05) is 0 Å². The summed E-state index contributed by atoms with van der Waals surface area (Å²) in [6.07, 6.45) is 2.79. The predicted molar refractivity (Wildman–Crippen MR) is 108 cm³/mol. The fraction of sp³-hybridized carbons (Fsp3) is 0.167. The predicted octanol–water partition coefficient (Wildman–Crippen LogP) is 2.43. The Morgan fingerprint density at radius 1 is 1.24 bits per heavy atom. The van der Waals surface area contributed by atoms with Crippen LogP contribution in [-0.4, -0.2) is 54.6 Å². The first-order valence-electron chi connectivity index (χ1n) is 8.31. The van der Waals surface area contributed by atoms with Gasteiger partial charge < -0.3 is 10.1 Å². The molecule has 0 radical (unpaired) electrons. The van der Waals surface area contributed by atoms with Gasteiger partial charge in [-0.25, -0.2) is 22.4 Å². The molecule has 11 heteroatoms. The molecule has 9 nitrogen and oxygen atoms in total. The van der Waals surface area contributed by atoms with Gasteiger partial charge in [-0.2, -0.15) is 5.10 Å². The number of para-hydroxylation sites is 1. The summed E-state index contributed by atoms with van der Waals surface area (Å²) in [6, 6.07) is 9.16. The first-order valence-corrected chi connectivity index (χ1v) is 10.1. The standard InChI is InChI=1S/C18H18ClN5O4S/c1-23(2)29(26,27)16-9-12(7-8-15(16)28-3)18(25)22-14-6-4-5-13(19)17(14)24-11-20-10-21-24/h4-11H,1-3H3,(H,22,25). The number of anilines is 1. The second-order valence-electron chi connectivity index (χ2n) is 6.08. The molecular weight excluding hydrogens is 418 g/mol. The van der Waals surface area contributed by atoms with Crippen molar-refractivity contribution in [3.63, 3.8) is 0 Å². The number of halogens is 1. The van der Waals surface area contributed by atoms with Crippen molar-refractivity contribution >= 4 is 33.2 Å². The molecule has 0 atom stereocenters. The van der Waals surface area contributed by atoms with Crippen LogP contribution in [0.4, 0.5) is 5.69 Å². The van der Waals surface area contributed by atoms with Crippen LogP contribution in [-0.2, 0) is 10.0 Å². The maximum atomic E-state index is 12.8. The number of rotatable bonds is 6. The molecule has 2 aromatic carbocycles. The minimum atomic E-state index is -3.81. The average Bonchev–Trinajstić information content (AvgIpc) is 3.21. The van der Waals surface area contributed by atoms with Crippen molar-refractivity contribution in [1.82, 2.24) is 19.1 Å². The van der Waals surface area contributed by atoms with Crippen LogP contribution in [0, 0.1) is 0 Å². The Kier molecular flexibility index (Phi) is 5.87. The lowest BCUT2D eigenvalue weighted by Gasteiger charge is -2.16. The van der Waals surface area contributed by atoms with E-state index in [2.05, 4.69) is 15.4 Å². The molecule has 0 aliphatic carbocycles. The van der Waals surface area contributed by atoms with Gasteiger partial charge in [0.2, 0.25) is 10.0 Å². The Morgan fingerprint density at radius 2 is 2.00 bits per heavy atom. The van der Waals surface area contributed by atoms with E-state index in [4.69, 9.17) is 16.3 Å². The molecule has 0 bridgehead atoms. The number of hydrogen-bond donors (Lipinski definition) is 1. The summed E-state index contributed by atoms with van der Waals surface area (Å²) >= 11 is 6.27. The smallest absolute Gasteiger partial charge is 0.255 e. The third-order valence-corrected chi connectivity index (χ3v) is 6.21. The first-order chi connectivity index (χ1) is 13.8. The normalized spacial score (nSPS) is 11.5. The van der Waals surface area contributed by atoms with Crippen molar-refractivity contribution in [3.05, 3.63) is 59.6 Å². The maximum Gasteiger partial charge on any atom is 0.255 e. The van der Waals surface area contributed by atoms with Crippen LogP contribution in [0.1, 0.15) is 10.4 Å². The third-order valence-electron chi connectivity index (χ3n) is 4.07. The zero-order valence-electron chi connectivity index (χ0n) is 15.8. The highest BCUT2D eigenvalue weighted by molar-refractivity contribution is 7.89. The number of carbonyl (C=O) groups is 1. The minimum absolute atomic E-state index is 0.111. The van der Waals surface area contributed by atoms with Gasteiger partial charge in [0.25, 0.3) is 5.91 Å². The number of sulfonamides is 1. The van der Waals surface area contributed by atoms with Gasteiger partial charge in [0.05, 0.1) is 17.8 Å². The lowest BCUT2D eigenvalue weighted by molar-refractivity contribution is 0.102. The van der Waals surface area contributed by atoms with Gasteiger partial charge in [0.15, 0.2) is 0 Å². The van der Waals surface area contributed by atoms with E-state index in [-0.39, 0.29) is 16.2 Å². The summed E-state index contributed by atoms with van der Waals surface area (Å²) in [5.74, 6) is -0.382. The molecule has 1 N–H and O–H groups in total. The highest BCUT2D eigenvalue weighted by Gasteiger charge is 2.24. The SMILES string of the molecule is COc1ccc(C(=O)Nc2cccc(Cl)c2-n2cncn2)cc1S(=O)(=O)N(C)C. The minimum Gasteiger partial charge on any atom is -0.495 e. The van der Waals surface area contributed by atoms with Crippen molar-refractivity contribution in [3.8, 4) is 11.4 Å². The van der Waals surface area contributed by atoms with Gasteiger partial charge in [-0.3, -0.25) is 4.79 Å². The van der Waals surface area contributed by atoms with Gasteiger partial charge in [-0.15, -0.1) is 0 Å². The first kappa shape index (κ1) is 20.8. The van der Waals surface area contributed by atoms with Gasteiger partial charge >= 0.3 is 0 Å². The molecule has 3 aromatic rings. The van der Waals surface area contributed by atoms with E-state index in [1.54, 1.807) is 18.2 Å². The van der Waals surface area contributed by atoms with Crippen molar-refractivity contribution in [1.29, 1.82) is 0 Å². The lowest BCUT2D eigenvalue weighted by atomic mass is 10.2. The summed E-state index contributed by atoms with van der Waals surface area (Å²) in [4.78, 5) is 16.6. The summed E-state index contributed by atoms with van der Waals surface area (Å²) in [7, 11) is 0.349. The van der Waals surface area contributed by atoms with Crippen molar-refractivity contribution in [2.24, 2.45) is 0 Å². The molecule has 1 amide bonds. The molecule has 0 aliphatic rings. The second kappa shape index (κ2) is 8.19. The summed E-state index contributed by atoms with van der Waals surface area (Å²) in [5.41, 5.74) is 0.964. The number of ether oxygens (including phenoxy) is 1. The van der Waals surface area contributed by atoms with Crippen LogP contribution in [0.2, 0.25) is 5.02 Å². The highest BCUT2D eigenvalue weighted by atomic mass is 35.5. The van der Waals surface area contributed by atoms with Crippen LogP contribution in [0.5, 0.6) is 5.75 Å². The highest BCUT2D eigenvalue weighted by Crippen LogP contribution is 2.30. The average molecular weight is 436 g/mol. The Balaban J connectivity index is 2.01. The Bertz CT molecular complexity index is 1150. The fourth-order valence-electron chi connectivity index (χ4n) is 2.58. The molecule has 0 unspecified atom stereocenters. The van der Waals surface area contributed by atoms with Crippen molar-refractivity contribution < 1.29 is 17.9 Å². The van der Waals surface area contributed by atoms with E-state index in [0.717, 1.165) is 4.31 Å². The molecule has 29 heavy (non-hydrogen) atoms. The zero-order valence-corrected chi connectivity index (χ0v) is 17.4. The Labute approximate surface area is 172 Å². The number of nitrogens with one attached hydrogen (secondary N) is 1. The van der Waals surface area contributed by atoms with Crippen LogP contribution >= 0.6 is 11.6 Å². The number of hydrogen-bond acceptors (Lipinski definition) is 6. The second-order valence-corrected chi connectivity index (χ2v) is 8.61. The van der Waals surface area contributed by atoms with Crippen LogP contribution in [0.3, 0.4) is 0 Å². The van der Waals surface area contributed by atoms with Gasteiger partial charge in [-0.1, -0.05) is 17.7 Å². The quantitative estimate of drug-likeness (QED) is 0.637. The summed E-state index contributed by atoms with van der Waals surface area (Å²) in [5, 5.41) is 7.15. The van der Waals surface area contributed by atoms with Gasteiger partial charge in [0.1, 0.15) is 29.0 Å². The molecule has 0 saturated carbocycles. The van der Waals surface area contributed by atoms with Crippen LogP contribution in [0.25, 0.3) is 5.69 Å². The van der Waals surface area contributed by atoms with Crippen LogP contribution in [0.15, 0.2) is 53.9 Å². The molecule has 1 heterocycles. The molecule has 152 valence electrons. The van der Waals surface area contributed by atoms with E-state index < -0.39 is 15.9 Å². The summed E-state index contributed by atoms with van der Waals surface area (Å²) < 4.78 is 32.8. The van der Waals surface area contributed by atoms with Crippen LogP contribution < -0.4 is 10.1 Å². The van der Waals surface area contributed by atoms with E-state index >= 15 is 0 Å². The summed E-state index contributed by atoms with van der Waals surface area (Å²) in [6.45, 7) is 0. The number of aromatic nitrogens is 3. The van der Waals surface area contributed by atoms with Crippen molar-refractivity contribution in [2.45, 2.75) is 4.90 Å². The third kappa shape index (κ3) is 4.09. The van der Waals surface area contributed by atoms with Gasteiger partial charge in [-0.05, 0) is 30.3 Å². The fourth-order valence-corrected chi connectivity index (χ4v) is 3.92. The van der Waals surface area contributed by atoms with E-state index in [0.29, 0.717) is 16.4 Å². The Morgan fingerprint density at radius 3 is 2.62 bits per heavy atom. The topological polar surface area (TPSA) is 106 Å². The number of benzene rings is 2. The lowest BCUT2D eigenvalue weighted by Crippen LogP contribution is -2.23. The Hall–Kier alpha value is -2.95. The molecule has 0 aliphatic heterocycles. The largest absolute Gasteiger partial charge is 0.495 e. The van der Waals surface area contributed by atoms with E-state index in [9.17, 15) is 13.2 Å². The molecule has 1 aromatic heterocycles. The molecular formula is C18H18ClN5O4S. The molecule has 0 spiro atoms. The zero-order chi connectivity index (χ0) is 21.2.